The number of nitrogens with two attached hydrogens (primary N) is 2. The van der Waals surface area contributed by atoms with E-state index in [1.165, 1.54) is 14.0 Å². The first kappa shape index (κ1) is 20.8. The summed E-state index contributed by atoms with van der Waals surface area (Å²) in [5.74, 6) is 1.20. The van der Waals surface area contributed by atoms with E-state index in [-0.39, 0.29) is 30.1 Å². The first-order valence-electron chi connectivity index (χ1n) is 9.80. The number of aliphatic hydroxyl groups is 1. The van der Waals surface area contributed by atoms with E-state index in [0.29, 0.717) is 18.7 Å². The van der Waals surface area contributed by atoms with Crippen LogP contribution in [0.3, 0.4) is 0 Å². The first-order valence-corrected chi connectivity index (χ1v) is 9.80. The molecule has 1 aromatic carbocycles. The van der Waals surface area contributed by atoms with Crippen LogP contribution < -0.4 is 16.2 Å². The number of ether oxygens (including phenoxy) is 2. The van der Waals surface area contributed by atoms with E-state index < -0.39 is 5.60 Å². The van der Waals surface area contributed by atoms with Crippen molar-refractivity contribution >= 4 is 11.6 Å². The molecular formula is C21H31N3O4. The second kappa shape index (κ2) is 7.81. The minimum absolute atomic E-state index is 0.0471. The van der Waals surface area contributed by atoms with Crippen LogP contribution in [0.2, 0.25) is 0 Å². The van der Waals surface area contributed by atoms with Gasteiger partial charge in [-0.2, -0.15) is 0 Å². The SMILES string of the molecule is CO[C@](C)(C(C)=O)[C@H]1CCc2cc(C(N)=NC3CC(N)(CCO)C3)ccc2O1. The molecule has 28 heavy (non-hydrogen) atoms. The lowest BCUT2D eigenvalue weighted by atomic mass is 9.72. The normalized spacial score (nSPS) is 29.2. The number of carbonyl (C=O) groups excluding carboxylic acids is 1. The fourth-order valence-corrected chi connectivity index (χ4v) is 4.11. The molecule has 0 amide bonds. The van der Waals surface area contributed by atoms with E-state index in [4.69, 9.17) is 26.0 Å². The van der Waals surface area contributed by atoms with Gasteiger partial charge >= 0.3 is 0 Å². The fraction of sp³-hybridized carbons (Fsp3) is 0.619. The summed E-state index contributed by atoms with van der Waals surface area (Å²) >= 11 is 0. The Morgan fingerprint density at radius 1 is 1.46 bits per heavy atom. The van der Waals surface area contributed by atoms with Gasteiger partial charge in [-0.25, -0.2) is 0 Å². The Labute approximate surface area is 166 Å². The number of hydrogen-bond donors (Lipinski definition) is 3. The van der Waals surface area contributed by atoms with Gasteiger partial charge in [0.15, 0.2) is 11.4 Å². The van der Waals surface area contributed by atoms with Crippen LogP contribution >= 0.6 is 0 Å². The maximum atomic E-state index is 12.0. The van der Waals surface area contributed by atoms with E-state index in [2.05, 4.69) is 4.99 Å². The number of Topliss-reactive ketones (excluding diaryl/α,β-unsaturated/α-hetero) is 1. The number of amidine groups is 1. The highest BCUT2D eigenvalue weighted by molar-refractivity contribution is 5.98. The van der Waals surface area contributed by atoms with Crippen molar-refractivity contribution in [3.8, 4) is 5.75 Å². The number of aryl methyl sites for hydroxylation is 1. The van der Waals surface area contributed by atoms with Crippen molar-refractivity contribution in [1.29, 1.82) is 0 Å². The van der Waals surface area contributed by atoms with E-state index in [1.54, 1.807) is 6.92 Å². The summed E-state index contributed by atoms with van der Waals surface area (Å²) in [5.41, 5.74) is 13.0. The van der Waals surface area contributed by atoms with Gasteiger partial charge in [-0.3, -0.25) is 9.79 Å². The molecule has 0 bridgehead atoms. The topological polar surface area (TPSA) is 120 Å². The fourth-order valence-electron chi connectivity index (χ4n) is 4.11. The van der Waals surface area contributed by atoms with Crippen LogP contribution in [0.25, 0.3) is 0 Å². The van der Waals surface area contributed by atoms with Gasteiger partial charge in [-0.15, -0.1) is 0 Å². The minimum atomic E-state index is -0.954. The molecule has 2 aliphatic rings. The van der Waals surface area contributed by atoms with Gasteiger partial charge in [-0.1, -0.05) is 0 Å². The third-order valence-corrected chi connectivity index (χ3v) is 6.25. The Bertz CT molecular complexity index is 773. The molecule has 1 heterocycles. The molecule has 1 fully saturated rings. The van der Waals surface area contributed by atoms with Crippen LogP contribution in [0.1, 0.15) is 50.7 Å². The molecule has 154 valence electrons. The molecule has 0 spiro atoms. The van der Waals surface area contributed by atoms with Crippen LogP contribution in [-0.4, -0.2) is 53.7 Å². The van der Waals surface area contributed by atoms with Crippen molar-refractivity contribution < 1.29 is 19.4 Å². The third kappa shape index (κ3) is 3.92. The molecule has 3 rings (SSSR count). The Kier molecular flexibility index (Phi) is 5.79. The van der Waals surface area contributed by atoms with Gasteiger partial charge in [0, 0.05) is 24.8 Å². The van der Waals surface area contributed by atoms with Gasteiger partial charge < -0.3 is 26.0 Å². The molecule has 5 N–H and O–H groups in total. The third-order valence-electron chi connectivity index (χ3n) is 6.25. The number of methoxy groups -OCH3 is 1. The van der Waals surface area contributed by atoms with Crippen molar-refractivity contribution in [3.63, 3.8) is 0 Å². The molecule has 1 aromatic rings. The number of nitrogens with zero attached hydrogens (tertiary/aromatic N) is 1. The van der Waals surface area contributed by atoms with Gasteiger partial charge in [0.25, 0.3) is 0 Å². The number of aliphatic imine (C=N–C) groups is 1. The highest BCUT2D eigenvalue weighted by Gasteiger charge is 2.43. The quantitative estimate of drug-likeness (QED) is 0.478. The second-order valence-electron chi connectivity index (χ2n) is 8.25. The summed E-state index contributed by atoms with van der Waals surface area (Å²) in [7, 11) is 1.54. The van der Waals surface area contributed by atoms with Crippen LogP contribution in [0.4, 0.5) is 0 Å². The van der Waals surface area contributed by atoms with Crippen LogP contribution in [0, 0.1) is 0 Å². The molecule has 7 nitrogen and oxygen atoms in total. The Morgan fingerprint density at radius 3 is 2.79 bits per heavy atom. The van der Waals surface area contributed by atoms with E-state index in [1.807, 2.05) is 18.2 Å². The Morgan fingerprint density at radius 2 is 2.18 bits per heavy atom. The summed E-state index contributed by atoms with van der Waals surface area (Å²) in [5, 5.41) is 9.06. The highest BCUT2D eigenvalue weighted by Crippen LogP contribution is 2.36. The summed E-state index contributed by atoms with van der Waals surface area (Å²) < 4.78 is 11.6. The van der Waals surface area contributed by atoms with Gasteiger partial charge in [0.2, 0.25) is 0 Å². The zero-order valence-corrected chi connectivity index (χ0v) is 16.9. The molecule has 1 saturated carbocycles. The maximum absolute atomic E-state index is 12.0. The van der Waals surface area contributed by atoms with E-state index >= 15 is 0 Å². The van der Waals surface area contributed by atoms with Gasteiger partial charge in [0.1, 0.15) is 17.7 Å². The van der Waals surface area contributed by atoms with Crippen LogP contribution in [0.15, 0.2) is 23.2 Å². The maximum Gasteiger partial charge on any atom is 0.165 e. The zero-order chi connectivity index (χ0) is 20.5. The lowest BCUT2D eigenvalue weighted by Crippen LogP contribution is -2.54. The lowest BCUT2D eigenvalue weighted by molar-refractivity contribution is -0.149. The van der Waals surface area contributed by atoms with Crippen LogP contribution in [0.5, 0.6) is 5.75 Å². The summed E-state index contributed by atoms with van der Waals surface area (Å²) in [6, 6.07) is 5.88. The monoisotopic (exact) mass is 389 g/mol. The first-order chi connectivity index (χ1) is 13.2. The number of fused-ring (bicyclic) bond motifs is 1. The molecular weight excluding hydrogens is 358 g/mol. The second-order valence-corrected chi connectivity index (χ2v) is 8.25. The smallest absolute Gasteiger partial charge is 0.165 e. The standard InChI is InChI=1S/C21H31N3O4/c1-13(26)20(2,27-3)18-7-5-14-10-15(4-6-17(14)28-18)19(22)24-16-11-21(23,12-16)8-9-25/h4,6,10,16,18,25H,5,7-9,11-12,23H2,1-3H3,(H2,22,24)/t16?,18-,20-,21?/m1/s1. The summed E-state index contributed by atoms with van der Waals surface area (Å²) in [6.45, 7) is 3.40. The van der Waals surface area contributed by atoms with Crippen molar-refractivity contribution in [2.24, 2.45) is 16.5 Å². The van der Waals surface area contributed by atoms with Crippen molar-refractivity contribution in [3.05, 3.63) is 29.3 Å². The molecule has 1 aliphatic carbocycles. The van der Waals surface area contributed by atoms with Crippen molar-refractivity contribution in [2.45, 2.75) is 69.2 Å². The minimum Gasteiger partial charge on any atom is -0.487 e. The number of aliphatic hydroxyl groups excluding tert-OH is 1. The zero-order valence-electron chi connectivity index (χ0n) is 16.9. The lowest BCUT2D eigenvalue weighted by Gasteiger charge is -2.43. The molecule has 0 aromatic heterocycles. The Hall–Kier alpha value is -1.96. The molecule has 7 heteroatoms. The van der Waals surface area contributed by atoms with Crippen LogP contribution in [-0.2, 0) is 16.0 Å². The molecule has 0 saturated heterocycles. The van der Waals surface area contributed by atoms with Gasteiger partial charge in [0.05, 0.1) is 6.04 Å². The van der Waals surface area contributed by atoms with Gasteiger partial charge in [-0.05, 0) is 69.7 Å². The predicted octanol–water partition coefficient (Wildman–Crippen LogP) is 1.32. The number of rotatable bonds is 7. The average molecular weight is 389 g/mol. The molecule has 0 unspecified atom stereocenters. The number of carbonyl (C=O) groups is 1. The summed E-state index contributed by atoms with van der Waals surface area (Å²) in [4.78, 5) is 16.6. The molecule has 1 aliphatic heterocycles. The predicted molar refractivity (Wildman–Crippen MR) is 108 cm³/mol. The highest BCUT2D eigenvalue weighted by atomic mass is 16.5. The Balaban J connectivity index is 1.70. The summed E-state index contributed by atoms with van der Waals surface area (Å²) in [6.07, 6.45) is 3.22. The number of benzene rings is 1. The van der Waals surface area contributed by atoms with E-state index in [0.717, 1.165) is 36.1 Å². The van der Waals surface area contributed by atoms with Crippen molar-refractivity contribution in [1.82, 2.24) is 0 Å². The molecule has 2 atom stereocenters. The van der Waals surface area contributed by atoms with Crippen molar-refractivity contribution in [2.75, 3.05) is 13.7 Å². The number of ketones is 1. The number of hydrogen-bond acceptors (Lipinski definition) is 6. The van der Waals surface area contributed by atoms with E-state index in [9.17, 15) is 4.79 Å². The molecule has 0 radical (unpaired) electrons. The largest absolute Gasteiger partial charge is 0.487 e. The average Bonchev–Trinajstić information content (AvgIpc) is 2.65.